The number of carbonyl (C=O) groups is 4. The van der Waals surface area contributed by atoms with Crippen LogP contribution in [0.15, 0.2) is 47.5 Å². The van der Waals surface area contributed by atoms with Crippen molar-refractivity contribution in [2.24, 2.45) is 4.99 Å². The fourth-order valence-electron chi connectivity index (χ4n) is 4.94. The van der Waals surface area contributed by atoms with E-state index in [0.717, 1.165) is 47.9 Å². The predicted molar refractivity (Wildman–Crippen MR) is 172 cm³/mol. The van der Waals surface area contributed by atoms with Crippen LogP contribution in [0.5, 0.6) is 0 Å². The minimum Gasteiger partial charge on any atom is -0.478 e. The molecule has 1 aliphatic carbocycles. The number of Topliss-reactive ketones (excluding diaryl/α,β-unsaturated/α-hetero) is 1. The Balaban J connectivity index is 1.48. The van der Waals surface area contributed by atoms with Crippen LogP contribution in [0.4, 0.5) is 10.5 Å². The van der Waals surface area contributed by atoms with Gasteiger partial charge in [-0.25, -0.2) is 9.59 Å². The third kappa shape index (κ3) is 10.1. The van der Waals surface area contributed by atoms with Gasteiger partial charge in [-0.1, -0.05) is 34.4 Å². The zero-order chi connectivity index (χ0) is 35.0. The van der Waals surface area contributed by atoms with Crippen molar-refractivity contribution in [2.45, 2.75) is 58.0 Å². The second kappa shape index (κ2) is 16.6. The largest absolute Gasteiger partial charge is 0.700 e. The van der Waals surface area contributed by atoms with Crippen molar-refractivity contribution in [3.8, 4) is 0 Å². The predicted octanol–water partition coefficient (Wildman–Crippen LogP) is 3.50. The molecule has 2 unspecified atom stereocenters. The molecule has 19 heteroatoms. The molecule has 1 aromatic heterocycles. The number of carboxylic acid groups (broad SMARTS) is 1. The van der Waals surface area contributed by atoms with Crippen LogP contribution in [-0.4, -0.2) is 65.7 Å². The number of aryl methyl sites for hydroxylation is 2. The molecule has 1 heterocycles. The summed E-state index contributed by atoms with van der Waals surface area (Å²) in [4.78, 5) is 83.4. The Morgan fingerprint density at radius 3 is 2.46 bits per heavy atom. The molecule has 0 saturated carbocycles. The highest BCUT2D eigenvalue weighted by molar-refractivity contribution is 7.39. The molecule has 0 fully saturated rings. The van der Waals surface area contributed by atoms with Crippen LogP contribution in [0.25, 0.3) is 0 Å². The highest BCUT2D eigenvalue weighted by Crippen LogP contribution is 2.39. The third-order valence-corrected chi connectivity index (χ3v) is 9.24. The van der Waals surface area contributed by atoms with Gasteiger partial charge in [-0.15, -0.1) is 16.2 Å². The number of aromatic nitrogens is 1. The van der Waals surface area contributed by atoms with Crippen molar-refractivity contribution in [1.29, 1.82) is 0 Å². The summed E-state index contributed by atoms with van der Waals surface area (Å²) in [6.45, 7) is 1.73. The molecule has 3 aromatic rings. The van der Waals surface area contributed by atoms with Crippen LogP contribution >= 0.6 is 28.2 Å². The van der Waals surface area contributed by atoms with Crippen LogP contribution < -0.4 is 15.4 Å². The lowest BCUT2D eigenvalue weighted by molar-refractivity contribution is -0.279. The number of nitrogens with zero attached hydrogens (tertiary/aromatic N) is 2. The van der Waals surface area contributed by atoms with Crippen molar-refractivity contribution in [3.63, 3.8) is 0 Å². The first-order valence-corrected chi connectivity index (χ1v) is 17.6. The Hall–Kier alpha value is -3.76. The SMILES string of the molecule is Cc1ccc(C(=O)Cn2c3c(sc2=NC(=O)c2ccc(NC(=O)NCCCC(O)(OP(O)O)O[P+](=O)O)cc2C(=O)O)CCCC3)cc1. The second-order valence-corrected chi connectivity index (χ2v) is 13.1. The maximum Gasteiger partial charge on any atom is 0.700 e. The number of aliphatic hydroxyl groups is 1. The smallest absolute Gasteiger partial charge is 0.478 e. The molecular formula is C29H33N4O12P2S+. The van der Waals surface area contributed by atoms with Crippen molar-refractivity contribution < 1.29 is 57.7 Å². The average Bonchev–Trinajstić information content (AvgIpc) is 3.35. The Morgan fingerprint density at radius 2 is 1.79 bits per heavy atom. The lowest BCUT2D eigenvalue weighted by Gasteiger charge is -2.21. The molecular weight excluding hydrogens is 690 g/mol. The van der Waals surface area contributed by atoms with Crippen molar-refractivity contribution in [3.05, 3.63) is 80.1 Å². The normalized spacial score (nSPS) is 14.6. The van der Waals surface area contributed by atoms with Crippen LogP contribution in [0, 0.1) is 6.92 Å². The lowest BCUT2D eigenvalue weighted by Crippen LogP contribution is -2.35. The number of carboxylic acids is 1. The fraction of sp³-hybridized carbons (Fsp3) is 0.345. The van der Waals surface area contributed by atoms with Gasteiger partial charge in [-0.05, 0) is 57.2 Å². The number of thiazole rings is 1. The van der Waals surface area contributed by atoms with E-state index in [1.165, 1.54) is 23.5 Å². The summed E-state index contributed by atoms with van der Waals surface area (Å²) in [6, 6.07) is 9.98. The van der Waals surface area contributed by atoms with E-state index >= 15 is 0 Å². The summed E-state index contributed by atoms with van der Waals surface area (Å²) in [6.07, 6.45) is 2.74. The van der Waals surface area contributed by atoms with Crippen LogP contribution in [0.3, 0.4) is 0 Å². The van der Waals surface area contributed by atoms with Gasteiger partial charge in [-0.2, -0.15) is 4.99 Å². The summed E-state index contributed by atoms with van der Waals surface area (Å²) >= 11 is 1.30. The minimum atomic E-state index is -3.36. The van der Waals surface area contributed by atoms with Gasteiger partial charge in [0.2, 0.25) is 0 Å². The van der Waals surface area contributed by atoms with Gasteiger partial charge in [0.25, 0.3) is 5.91 Å². The van der Waals surface area contributed by atoms with Gasteiger partial charge in [0.15, 0.2) is 10.6 Å². The molecule has 2 aromatic carbocycles. The van der Waals surface area contributed by atoms with Gasteiger partial charge in [0.1, 0.15) is 0 Å². The van der Waals surface area contributed by atoms with E-state index < -0.39 is 52.7 Å². The van der Waals surface area contributed by atoms with Gasteiger partial charge < -0.3 is 35.2 Å². The molecule has 256 valence electrons. The van der Waals surface area contributed by atoms with E-state index in [2.05, 4.69) is 24.7 Å². The van der Waals surface area contributed by atoms with Crippen molar-refractivity contribution in [2.75, 3.05) is 11.9 Å². The molecule has 48 heavy (non-hydrogen) atoms. The average molecular weight is 724 g/mol. The molecule has 0 saturated heterocycles. The number of urea groups is 1. The Bertz CT molecular complexity index is 1780. The van der Waals surface area contributed by atoms with Crippen LogP contribution in [-0.2, 0) is 33.0 Å². The molecule has 0 spiro atoms. The molecule has 3 amide bonds. The van der Waals surface area contributed by atoms with E-state index in [0.29, 0.717) is 5.56 Å². The number of hydrogen-bond donors (Lipinski definition) is 7. The number of fused-ring (bicyclic) bond motifs is 1. The van der Waals surface area contributed by atoms with Crippen molar-refractivity contribution >= 4 is 57.6 Å². The zero-order valence-corrected chi connectivity index (χ0v) is 28.1. The first-order chi connectivity index (χ1) is 22.7. The highest BCUT2D eigenvalue weighted by atomic mass is 32.1. The lowest BCUT2D eigenvalue weighted by atomic mass is 10.0. The summed E-state index contributed by atoms with van der Waals surface area (Å²) < 4.78 is 21.3. The first-order valence-electron chi connectivity index (χ1n) is 14.5. The Labute approximate surface area is 279 Å². The van der Waals surface area contributed by atoms with E-state index in [1.54, 1.807) is 16.7 Å². The summed E-state index contributed by atoms with van der Waals surface area (Å²) in [5.41, 5.74) is 1.84. The molecule has 4 rings (SSSR count). The molecule has 0 aliphatic heterocycles. The number of amides is 3. The monoisotopic (exact) mass is 723 g/mol. The van der Waals surface area contributed by atoms with Crippen LogP contribution in [0.1, 0.15) is 72.9 Å². The highest BCUT2D eigenvalue weighted by Gasteiger charge is 2.42. The second-order valence-electron chi connectivity index (χ2n) is 10.7. The third-order valence-electron chi connectivity index (χ3n) is 7.17. The Kier molecular flexibility index (Phi) is 12.8. The number of aromatic carboxylic acids is 1. The minimum absolute atomic E-state index is 0.0263. The van der Waals surface area contributed by atoms with E-state index in [-0.39, 0.29) is 41.3 Å². The number of nitrogens with one attached hydrogen (secondary N) is 2. The number of carbonyl (C=O) groups excluding carboxylic acids is 3. The Morgan fingerprint density at radius 1 is 1.08 bits per heavy atom. The van der Waals surface area contributed by atoms with E-state index in [9.17, 15) is 34.0 Å². The van der Waals surface area contributed by atoms with Gasteiger partial charge in [0.05, 0.1) is 17.7 Å². The molecule has 16 nitrogen and oxygen atoms in total. The number of hydrogen-bond acceptors (Lipinski definition) is 11. The molecule has 0 bridgehead atoms. The van der Waals surface area contributed by atoms with Crippen molar-refractivity contribution in [1.82, 2.24) is 9.88 Å². The molecule has 7 N–H and O–H groups in total. The van der Waals surface area contributed by atoms with Gasteiger partial charge in [0, 0.05) is 39.4 Å². The zero-order valence-electron chi connectivity index (χ0n) is 25.5. The topological polar surface area (TPSA) is 246 Å². The molecule has 1 aliphatic rings. The maximum absolute atomic E-state index is 13.4. The quantitative estimate of drug-likeness (QED) is 0.0547. The first kappa shape index (κ1) is 37.1. The standard InChI is InChI=1S/C29H32N4O12P2S/c1-17-7-9-18(10-8-17)23(34)16-33-22-5-2-3-6-24(22)48-28(33)32-25(35)20-12-11-19(15-21(20)26(36)37)31-27(38)30-14-4-13-29(39,44-46(40)41)45-47(42)43/h7-12,15,39-41H,2-6,13-14,16H2,1H3,(H3-,30,31,35,36,37,38,42,43)/p+1. The number of anilines is 1. The molecule has 2 atom stereocenters. The van der Waals surface area contributed by atoms with E-state index in [4.69, 9.17) is 14.7 Å². The van der Waals surface area contributed by atoms with Crippen LogP contribution in [0.2, 0.25) is 0 Å². The number of rotatable bonds is 14. The number of ketones is 1. The van der Waals surface area contributed by atoms with E-state index in [1.807, 2.05) is 19.1 Å². The summed E-state index contributed by atoms with van der Waals surface area (Å²) in [5.74, 6) is -5.23. The summed E-state index contributed by atoms with van der Waals surface area (Å²) in [5, 5.41) is 24.7. The fourth-order valence-corrected chi connectivity index (χ4v) is 6.96. The van der Waals surface area contributed by atoms with Gasteiger partial charge >= 0.3 is 34.8 Å². The number of benzene rings is 2. The summed E-state index contributed by atoms with van der Waals surface area (Å²) in [7, 11) is -6.50. The maximum atomic E-state index is 13.4. The molecule has 0 radical (unpaired) electrons. The van der Waals surface area contributed by atoms with Gasteiger partial charge in [-0.3, -0.25) is 14.1 Å².